The second-order valence-electron chi connectivity index (χ2n) is 4.75. The van der Waals surface area contributed by atoms with Crippen LogP contribution in [0.5, 0.6) is 0 Å². The van der Waals surface area contributed by atoms with Gasteiger partial charge < -0.3 is 5.11 Å². The van der Waals surface area contributed by atoms with Gasteiger partial charge in [0.25, 0.3) is 10.0 Å². The minimum Gasteiger partial charge on any atom is -0.478 e. The van der Waals surface area contributed by atoms with E-state index in [0.29, 0.717) is 0 Å². The summed E-state index contributed by atoms with van der Waals surface area (Å²) in [5.74, 6) is -1.79. The Morgan fingerprint density at radius 1 is 1.25 bits per heavy atom. The van der Waals surface area contributed by atoms with Crippen LogP contribution in [0.25, 0.3) is 0 Å². The van der Waals surface area contributed by atoms with E-state index in [1.165, 1.54) is 30.3 Å². The lowest BCUT2D eigenvalue weighted by atomic mass is 10.2. The van der Waals surface area contributed by atoms with E-state index in [1.54, 1.807) is 0 Å². The second-order valence-corrected chi connectivity index (χ2v) is 6.99. The van der Waals surface area contributed by atoms with Gasteiger partial charge >= 0.3 is 5.97 Å². The van der Waals surface area contributed by atoms with Gasteiger partial charge in [-0.2, -0.15) is 0 Å². The van der Waals surface area contributed by atoms with E-state index in [0.717, 1.165) is 22.5 Å². The fourth-order valence-electron chi connectivity index (χ4n) is 2.02. The van der Waals surface area contributed by atoms with Crippen LogP contribution in [0.1, 0.15) is 10.4 Å². The van der Waals surface area contributed by atoms with Crippen molar-refractivity contribution >= 4 is 33.3 Å². The molecule has 2 aromatic rings. The molecule has 1 N–H and O–H groups in total. The van der Waals surface area contributed by atoms with Gasteiger partial charge in [-0.1, -0.05) is 17.7 Å². The largest absolute Gasteiger partial charge is 0.478 e. The predicted molar refractivity (Wildman–Crippen MR) is 89.5 cm³/mol. The zero-order valence-electron chi connectivity index (χ0n) is 12.3. The number of hydrogen-bond donors (Lipinski definition) is 1. The summed E-state index contributed by atoms with van der Waals surface area (Å²) in [7, 11) is -4.17. The Labute approximate surface area is 143 Å². The molecule has 0 amide bonds. The second kappa shape index (κ2) is 7.02. The number of benzene rings is 2. The molecule has 0 unspecified atom stereocenters. The Morgan fingerprint density at radius 3 is 2.42 bits per heavy atom. The number of aromatic carboxylic acids is 1. The maximum absolute atomic E-state index is 13.1. The third kappa shape index (κ3) is 3.58. The number of rotatable bonds is 6. The molecule has 5 nitrogen and oxygen atoms in total. The van der Waals surface area contributed by atoms with Crippen LogP contribution in [0.2, 0.25) is 5.02 Å². The van der Waals surface area contributed by atoms with Crippen molar-refractivity contribution in [2.75, 3.05) is 10.8 Å². The lowest BCUT2D eigenvalue weighted by Gasteiger charge is -2.23. The fraction of sp³-hybridized carbons (Fsp3) is 0.0625. The highest BCUT2D eigenvalue weighted by Crippen LogP contribution is 2.29. The third-order valence-electron chi connectivity index (χ3n) is 3.16. The van der Waals surface area contributed by atoms with E-state index in [2.05, 4.69) is 6.58 Å². The maximum Gasteiger partial charge on any atom is 0.335 e. The molecule has 0 bridgehead atoms. The standard InChI is InChI=1S/C16H13ClFNO4S/c1-2-9-19(13-6-4-12(18)5-7-13)24(22,23)15-10-11(16(20)21)3-8-14(15)17/h2-8,10H,1,9H2,(H,20,21). The van der Waals surface area contributed by atoms with Crippen molar-refractivity contribution in [2.45, 2.75) is 4.90 Å². The molecule has 0 heterocycles. The van der Waals surface area contributed by atoms with Crippen molar-refractivity contribution in [1.82, 2.24) is 0 Å². The minimum atomic E-state index is -4.17. The Kier molecular flexibility index (Phi) is 5.26. The summed E-state index contributed by atoms with van der Waals surface area (Å²) in [5, 5.41) is 8.93. The van der Waals surface area contributed by atoms with Crippen LogP contribution >= 0.6 is 11.6 Å². The third-order valence-corrected chi connectivity index (χ3v) is 5.43. The molecule has 0 aliphatic carbocycles. The SMILES string of the molecule is C=CCN(c1ccc(F)cc1)S(=O)(=O)c1cc(C(=O)O)ccc1Cl. The topological polar surface area (TPSA) is 74.7 Å². The molecule has 2 aromatic carbocycles. The van der Waals surface area contributed by atoms with Crippen LogP contribution in [-0.2, 0) is 10.0 Å². The van der Waals surface area contributed by atoms with E-state index < -0.39 is 21.8 Å². The van der Waals surface area contributed by atoms with Crippen molar-refractivity contribution in [3.05, 3.63) is 71.5 Å². The van der Waals surface area contributed by atoms with Crippen molar-refractivity contribution in [1.29, 1.82) is 0 Å². The average Bonchev–Trinajstić information content (AvgIpc) is 2.53. The first-order valence-electron chi connectivity index (χ1n) is 6.69. The molecule has 0 fully saturated rings. The van der Waals surface area contributed by atoms with Crippen LogP contribution in [-0.4, -0.2) is 26.0 Å². The summed E-state index contributed by atoms with van der Waals surface area (Å²) >= 11 is 5.96. The fourth-order valence-corrected chi connectivity index (χ4v) is 3.96. The summed E-state index contributed by atoms with van der Waals surface area (Å²) in [6, 6.07) is 8.23. The summed E-state index contributed by atoms with van der Waals surface area (Å²) in [4.78, 5) is 10.7. The Hall–Kier alpha value is -2.38. The minimum absolute atomic E-state index is 0.0956. The van der Waals surface area contributed by atoms with Crippen molar-refractivity contribution in [3.8, 4) is 0 Å². The first-order valence-corrected chi connectivity index (χ1v) is 8.51. The highest BCUT2D eigenvalue weighted by Gasteiger charge is 2.27. The molecule has 8 heteroatoms. The van der Waals surface area contributed by atoms with Crippen molar-refractivity contribution in [2.24, 2.45) is 0 Å². The predicted octanol–water partition coefficient (Wildman–Crippen LogP) is 3.56. The van der Waals surface area contributed by atoms with Gasteiger partial charge in [0.1, 0.15) is 10.7 Å². The number of carboxylic acid groups (broad SMARTS) is 1. The summed E-state index contributed by atoms with van der Waals surface area (Å²) in [6.45, 7) is 3.42. The van der Waals surface area contributed by atoms with Gasteiger partial charge in [0.05, 0.1) is 22.8 Å². The van der Waals surface area contributed by atoms with Crippen molar-refractivity contribution in [3.63, 3.8) is 0 Å². The van der Waals surface area contributed by atoms with Gasteiger partial charge in [0.2, 0.25) is 0 Å². The van der Waals surface area contributed by atoms with Gasteiger partial charge in [0.15, 0.2) is 0 Å². The molecule has 2 rings (SSSR count). The van der Waals surface area contributed by atoms with Gasteiger partial charge in [-0.05, 0) is 42.5 Å². The van der Waals surface area contributed by atoms with Crippen LogP contribution in [0, 0.1) is 5.82 Å². The quantitative estimate of drug-likeness (QED) is 0.790. The Bertz CT molecular complexity index is 881. The molecular formula is C16H13ClFNO4S. The first kappa shape index (κ1) is 18.0. The number of sulfonamides is 1. The summed E-state index contributed by atoms with van der Waals surface area (Å²) < 4.78 is 39.9. The lowest BCUT2D eigenvalue weighted by Crippen LogP contribution is -2.31. The van der Waals surface area contributed by atoms with Gasteiger partial charge in [-0.15, -0.1) is 6.58 Å². The summed E-state index contributed by atoms with van der Waals surface area (Å²) in [6.07, 6.45) is 1.36. The lowest BCUT2D eigenvalue weighted by molar-refractivity contribution is 0.0696. The first-order chi connectivity index (χ1) is 11.3. The van der Waals surface area contributed by atoms with Crippen LogP contribution in [0.4, 0.5) is 10.1 Å². The Morgan fingerprint density at radius 2 is 1.88 bits per heavy atom. The monoisotopic (exact) mass is 369 g/mol. The van der Waals surface area contributed by atoms with E-state index >= 15 is 0 Å². The normalized spacial score (nSPS) is 11.1. The van der Waals surface area contributed by atoms with E-state index in [-0.39, 0.29) is 27.7 Å². The Balaban J connectivity index is 2.60. The van der Waals surface area contributed by atoms with Crippen LogP contribution < -0.4 is 4.31 Å². The van der Waals surface area contributed by atoms with Crippen molar-refractivity contribution < 1.29 is 22.7 Å². The van der Waals surface area contributed by atoms with Gasteiger partial charge in [-0.3, -0.25) is 4.31 Å². The molecule has 0 saturated carbocycles. The number of hydrogen-bond acceptors (Lipinski definition) is 3. The molecule has 0 aromatic heterocycles. The highest BCUT2D eigenvalue weighted by molar-refractivity contribution is 7.93. The van der Waals surface area contributed by atoms with Gasteiger partial charge in [-0.25, -0.2) is 17.6 Å². The molecule has 126 valence electrons. The van der Waals surface area contributed by atoms with E-state index in [4.69, 9.17) is 16.7 Å². The van der Waals surface area contributed by atoms with Gasteiger partial charge in [0, 0.05) is 0 Å². The molecule has 24 heavy (non-hydrogen) atoms. The van der Waals surface area contributed by atoms with Crippen LogP contribution in [0.3, 0.4) is 0 Å². The van der Waals surface area contributed by atoms with Crippen LogP contribution in [0.15, 0.2) is 60.0 Å². The zero-order valence-corrected chi connectivity index (χ0v) is 13.9. The van der Waals surface area contributed by atoms with E-state index in [1.807, 2.05) is 0 Å². The number of carboxylic acids is 1. The molecule has 0 aliphatic heterocycles. The molecule has 0 saturated heterocycles. The van der Waals surface area contributed by atoms with E-state index in [9.17, 15) is 17.6 Å². The molecular weight excluding hydrogens is 357 g/mol. The number of halogens is 2. The number of nitrogens with zero attached hydrogens (tertiary/aromatic N) is 1. The smallest absolute Gasteiger partial charge is 0.335 e. The molecule has 0 spiro atoms. The molecule has 0 radical (unpaired) electrons. The summed E-state index contributed by atoms with van der Waals surface area (Å²) in [5.41, 5.74) is -0.0104. The number of anilines is 1. The average molecular weight is 370 g/mol. The maximum atomic E-state index is 13.1. The highest BCUT2D eigenvalue weighted by atomic mass is 35.5. The zero-order chi connectivity index (χ0) is 17.9. The molecule has 0 aliphatic rings. The molecule has 0 atom stereocenters. The number of carbonyl (C=O) groups is 1.